The average Bonchev–Trinajstić information content (AvgIpc) is 2.36. The quantitative estimate of drug-likeness (QED) is 0.736. The van der Waals surface area contributed by atoms with E-state index in [0.717, 1.165) is 0 Å². The summed E-state index contributed by atoms with van der Waals surface area (Å²) < 4.78 is 13.2. The monoisotopic (exact) mass is 247 g/mol. The second-order valence-corrected chi connectivity index (χ2v) is 3.69. The number of nitrogens with one attached hydrogen (secondary N) is 2. The fraction of sp³-hybridized carbons (Fsp3) is 0.167. The van der Waals surface area contributed by atoms with Gasteiger partial charge in [0.25, 0.3) is 0 Å². The highest BCUT2D eigenvalue weighted by molar-refractivity contribution is 5.96. The van der Waals surface area contributed by atoms with Crippen molar-refractivity contribution in [3.05, 3.63) is 36.2 Å². The van der Waals surface area contributed by atoms with Gasteiger partial charge in [-0.15, -0.1) is 5.12 Å². The highest BCUT2D eigenvalue weighted by Gasteiger charge is 2.06. The number of allylic oxidation sites excluding steroid dienone is 1. The van der Waals surface area contributed by atoms with Gasteiger partial charge in [-0.3, -0.25) is 20.8 Å². The van der Waals surface area contributed by atoms with Gasteiger partial charge in [-0.1, -0.05) is 0 Å². The number of hydrazine groups is 2. The number of benzene rings is 1. The SMILES string of the molecule is CN=C1/C=C/C=Nc2cc(F)ccc2NN(C)N1. The van der Waals surface area contributed by atoms with Crippen molar-refractivity contribution in [2.24, 2.45) is 9.98 Å². The maximum Gasteiger partial charge on any atom is 0.136 e. The first kappa shape index (κ1) is 12.3. The fourth-order valence-electron chi connectivity index (χ4n) is 1.51. The first-order chi connectivity index (χ1) is 8.69. The van der Waals surface area contributed by atoms with Gasteiger partial charge in [-0.2, -0.15) is 0 Å². The minimum Gasteiger partial charge on any atom is -0.299 e. The molecule has 1 aliphatic heterocycles. The molecule has 0 atom stereocenters. The molecule has 0 bridgehead atoms. The molecule has 0 amide bonds. The minimum absolute atomic E-state index is 0.319. The van der Waals surface area contributed by atoms with Gasteiger partial charge in [-0.25, -0.2) is 4.39 Å². The van der Waals surface area contributed by atoms with E-state index < -0.39 is 0 Å². The van der Waals surface area contributed by atoms with E-state index in [2.05, 4.69) is 20.8 Å². The summed E-state index contributed by atoms with van der Waals surface area (Å²) in [6, 6.07) is 4.39. The molecular weight excluding hydrogens is 233 g/mol. The Balaban J connectivity index is 2.39. The Morgan fingerprint density at radius 2 is 2.17 bits per heavy atom. The molecule has 1 aromatic carbocycles. The van der Waals surface area contributed by atoms with Crippen LogP contribution in [0.3, 0.4) is 0 Å². The molecule has 0 fully saturated rings. The van der Waals surface area contributed by atoms with Crippen molar-refractivity contribution in [3.8, 4) is 0 Å². The van der Waals surface area contributed by atoms with Crippen LogP contribution < -0.4 is 10.9 Å². The Morgan fingerprint density at radius 3 is 2.94 bits per heavy atom. The summed E-state index contributed by atoms with van der Waals surface area (Å²) >= 11 is 0. The van der Waals surface area contributed by atoms with Crippen molar-refractivity contribution in [1.29, 1.82) is 0 Å². The molecule has 0 spiro atoms. The molecule has 0 saturated carbocycles. The summed E-state index contributed by atoms with van der Waals surface area (Å²) in [4.78, 5) is 8.25. The van der Waals surface area contributed by atoms with Crippen LogP contribution in [-0.2, 0) is 0 Å². The average molecular weight is 247 g/mol. The smallest absolute Gasteiger partial charge is 0.136 e. The summed E-state index contributed by atoms with van der Waals surface area (Å²) in [5.74, 6) is 0.363. The van der Waals surface area contributed by atoms with E-state index in [1.54, 1.807) is 43.6 Å². The number of amidine groups is 1. The summed E-state index contributed by atoms with van der Waals surface area (Å²) in [6.07, 6.45) is 5.10. The zero-order valence-corrected chi connectivity index (χ0v) is 10.2. The maximum absolute atomic E-state index is 13.2. The van der Waals surface area contributed by atoms with E-state index >= 15 is 0 Å². The van der Waals surface area contributed by atoms with E-state index in [1.165, 1.54) is 12.1 Å². The van der Waals surface area contributed by atoms with Crippen LogP contribution in [0.1, 0.15) is 0 Å². The summed E-state index contributed by atoms with van der Waals surface area (Å²) in [5, 5.41) is 1.63. The number of halogens is 1. The Bertz CT molecular complexity index is 521. The van der Waals surface area contributed by atoms with Crippen LogP contribution in [0.2, 0.25) is 0 Å². The topological polar surface area (TPSA) is 52.0 Å². The standard InChI is InChI=1S/C12H14FN5/c1-14-12-4-3-7-15-11-8-9(13)5-6-10(11)16-18(2)17-12/h3-8,16H,1-2H3,(H,14,17)/b4-3+,15-7?. The Morgan fingerprint density at radius 1 is 1.33 bits per heavy atom. The van der Waals surface area contributed by atoms with Gasteiger partial charge in [0.2, 0.25) is 0 Å². The molecule has 0 aliphatic carbocycles. The van der Waals surface area contributed by atoms with Crippen LogP contribution in [0.4, 0.5) is 15.8 Å². The molecule has 1 aliphatic rings. The van der Waals surface area contributed by atoms with E-state index in [1.807, 2.05) is 0 Å². The van der Waals surface area contributed by atoms with Gasteiger partial charge < -0.3 is 0 Å². The lowest BCUT2D eigenvalue weighted by atomic mass is 10.2. The predicted molar refractivity (Wildman–Crippen MR) is 71.6 cm³/mol. The number of anilines is 1. The molecular formula is C12H14FN5. The van der Waals surface area contributed by atoms with Crippen molar-refractivity contribution < 1.29 is 4.39 Å². The van der Waals surface area contributed by atoms with Gasteiger partial charge in [0.15, 0.2) is 0 Å². The Kier molecular flexibility index (Phi) is 3.69. The van der Waals surface area contributed by atoms with Gasteiger partial charge in [0.05, 0.1) is 11.4 Å². The molecule has 6 heteroatoms. The van der Waals surface area contributed by atoms with Crippen molar-refractivity contribution in [2.45, 2.75) is 0 Å². The van der Waals surface area contributed by atoms with E-state index in [0.29, 0.717) is 17.2 Å². The summed E-state index contributed by atoms with van der Waals surface area (Å²) in [6.45, 7) is 0. The van der Waals surface area contributed by atoms with Crippen molar-refractivity contribution in [2.75, 3.05) is 19.5 Å². The molecule has 0 saturated heterocycles. The molecule has 0 unspecified atom stereocenters. The van der Waals surface area contributed by atoms with Gasteiger partial charge >= 0.3 is 0 Å². The zero-order valence-electron chi connectivity index (χ0n) is 10.2. The third kappa shape index (κ3) is 2.92. The van der Waals surface area contributed by atoms with Crippen molar-refractivity contribution in [3.63, 3.8) is 0 Å². The second-order valence-electron chi connectivity index (χ2n) is 3.69. The largest absolute Gasteiger partial charge is 0.299 e. The molecule has 1 aromatic rings. The lowest BCUT2D eigenvalue weighted by Crippen LogP contribution is -2.42. The molecule has 2 rings (SSSR count). The number of hydrogen-bond acceptors (Lipinski definition) is 4. The molecule has 18 heavy (non-hydrogen) atoms. The van der Waals surface area contributed by atoms with E-state index in [9.17, 15) is 4.39 Å². The molecule has 2 N–H and O–H groups in total. The van der Waals surface area contributed by atoms with Gasteiger partial charge in [-0.05, 0) is 24.3 Å². The molecule has 94 valence electrons. The fourth-order valence-corrected chi connectivity index (χ4v) is 1.51. The molecule has 5 nitrogen and oxygen atoms in total. The first-order valence-corrected chi connectivity index (χ1v) is 5.43. The predicted octanol–water partition coefficient (Wildman–Crippen LogP) is 1.89. The number of hydrogen-bond donors (Lipinski definition) is 2. The van der Waals surface area contributed by atoms with E-state index in [-0.39, 0.29) is 5.82 Å². The molecule has 0 aromatic heterocycles. The van der Waals surface area contributed by atoms with E-state index in [4.69, 9.17) is 0 Å². The van der Waals surface area contributed by atoms with Crippen LogP contribution in [0.25, 0.3) is 0 Å². The lowest BCUT2D eigenvalue weighted by Gasteiger charge is -2.22. The maximum atomic E-state index is 13.2. The second kappa shape index (κ2) is 5.42. The van der Waals surface area contributed by atoms with Gasteiger partial charge in [0.1, 0.15) is 11.7 Å². The summed E-state index contributed by atoms with van der Waals surface area (Å²) in [5.41, 5.74) is 7.31. The minimum atomic E-state index is -0.319. The first-order valence-electron chi connectivity index (χ1n) is 5.43. The van der Waals surface area contributed by atoms with Crippen LogP contribution in [0.15, 0.2) is 40.3 Å². The highest BCUT2D eigenvalue weighted by atomic mass is 19.1. The van der Waals surface area contributed by atoms with Gasteiger partial charge in [0, 0.05) is 26.4 Å². The third-order valence-electron chi connectivity index (χ3n) is 2.32. The van der Waals surface area contributed by atoms with Crippen LogP contribution in [0.5, 0.6) is 0 Å². The zero-order chi connectivity index (χ0) is 13.0. The highest BCUT2D eigenvalue weighted by Crippen LogP contribution is 2.25. The van der Waals surface area contributed by atoms with Crippen LogP contribution >= 0.6 is 0 Å². The lowest BCUT2D eigenvalue weighted by molar-refractivity contribution is 0.357. The number of nitrogens with zero attached hydrogens (tertiary/aromatic N) is 3. The van der Waals surface area contributed by atoms with Crippen molar-refractivity contribution in [1.82, 2.24) is 10.5 Å². The van der Waals surface area contributed by atoms with Crippen LogP contribution in [-0.4, -0.2) is 31.3 Å². The Labute approximate surface area is 105 Å². The molecule has 1 heterocycles. The molecule has 0 radical (unpaired) electrons. The number of rotatable bonds is 0. The third-order valence-corrected chi connectivity index (χ3v) is 2.32. The number of aliphatic imine (C=N–C) groups is 2. The van der Waals surface area contributed by atoms with Crippen LogP contribution in [0, 0.1) is 5.82 Å². The summed E-state index contributed by atoms with van der Waals surface area (Å²) in [7, 11) is 3.48. The van der Waals surface area contributed by atoms with Crippen molar-refractivity contribution >= 4 is 23.4 Å². The number of fused-ring (bicyclic) bond motifs is 1. The normalized spacial score (nSPS) is 19.8. The Hall–Kier alpha value is -2.21.